The molecule has 7 nitrogen and oxygen atoms in total. The first kappa shape index (κ1) is 12.1. The third kappa shape index (κ3) is 2.72. The van der Waals surface area contributed by atoms with Crippen LogP contribution in [-0.4, -0.2) is 30.2 Å². The van der Waals surface area contributed by atoms with Gasteiger partial charge in [-0.15, -0.1) is 0 Å². The molecule has 3 heterocycles. The van der Waals surface area contributed by atoms with Gasteiger partial charge in [0.15, 0.2) is 0 Å². The molecule has 0 aliphatic rings. The largest absolute Gasteiger partial charge is 0.345 e. The van der Waals surface area contributed by atoms with E-state index in [-0.39, 0.29) is 12.5 Å². The molecule has 0 bridgehead atoms. The van der Waals surface area contributed by atoms with Crippen LogP contribution in [0.25, 0.3) is 5.95 Å². The fourth-order valence-electron chi connectivity index (χ4n) is 1.73. The number of hydrogen-bond acceptors (Lipinski definition) is 4. The third-order valence-electron chi connectivity index (χ3n) is 2.62. The summed E-state index contributed by atoms with van der Waals surface area (Å²) in [5.41, 5.74) is 0.554. The lowest BCUT2D eigenvalue weighted by atomic mass is 10.5. The Bertz CT molecular complexity index is 672. The standard InChI is InChI=1S/C13H12N6O/c20-12(10-18-5-1-2-6-18)17-11-8-14-13(15-9-11)19-7-3-4-16-19/h1-9H,10H2,(H,17,20). The van der Waals surface area contributed by atoms with Crippen LogP contribution in [0.3, 0.4) is 0 Å². The highest BCUT2D eigenvalue weighted by Crippen LogP contribution is 2.05. The molecule has 0 spiro atoms. The Kier molecular flexibility index (Phi) is 3.24. The number of rotatable bonds is 4. The summed E-state index contributed by atoms with van der Waals surface area (Å²) in [6, 6.07) is 5.53. The molecule has 0 aliphatic carbocycles. The monoisotopic (exact) mass is 268 g/mol. The van der Waals surface area contributed by atoms with Gasteiger partial charge in [0.1, 0.15) is 6.54 Å². The van der Waals surface area contributed by atoms with Crippen LogP contribution in [0, 0.1) is 0 Å². The van der Waals surface area contributed by atoms with Gasteiger partial charge in [0, 0.05) is 24.8 Å². The molecular formula is C13H12N6O. The molecule has 100 valence electrons. The van der Waals surface area contributed by atoms with Gasteiger partial charge in [0.25, 0.3) is 5.95 Å². The smallest absolute Gasteiger partial charge is 0.250 e. The number of amides is 1. The van der Waals surface area contributed by atoms with Crippen LogP contribution in [0.4, 0.5) is 5.69 Å². The van der Waals surface area contributed by atoms with Crippen molar-refractivity contribution in [1.29, 1.82) is 0 Å². The van der Waals surface area contributed by atoms with Gasteiger partial charge in [-0.05, 0) is 18.2 Å². The van der Waals surface area contributed by atoms with Crippen LogP contribution in [0.2, 0.25) is 0 Å². The lowest BCUT2D eigenvalue weighted by Gasteiger charge is -2.06. The van der Waals surface area contributed by atoms with E-state index in [1.165, 1.54) is 0 Å². The predicted molar refractivity (Wildman–Crippen MR) is 72.2 cm³/mol. The maximum absolute atomic E-state index is 11.8. The van der Waals surface area contributed by atoms with E-state index >= 15 is 0 Å². The average molecular weight is 268 g/mol. The molecule has 20 heavy (non-hydrogen) atoms. The van der Waals surface area contributed by atoms with E-state index in [0.717, 1.165) is 0 Å². The second kappa shape index (κ2) is 5.35. The van der Waals surface area contributed by atoms with E-state index in [1.54, 1.807) is 40.1 Å². The van der Waals surface area contributed by atoms with Crippen molar-refractivity contribution in [2.45, 2.75) is 6.54 Å². The molecule has 0 aliphatic heterocycles. The van der Waals surface area contributed by atoms with Crippen LogP contribution in [0.15, 0.2) is 55.4 Å². The Balaban J connectivity index is 1.65. The van der Waals surface area contributed by atoms with E-state index in [2.05, 4.69) is 20.4 Å². The van der Waals surface area contributed by atoms with Gasteiger partial charge in [-0.3, -0.25) is 4.79 Å². The molecule has 1 N–H and O–H groups in total. The second-order valence-corrected chi connectivity index (χ2v) is 4.13. The summed E-state index contributed by atoms with van der Waals surface area (Å²) in [7, 11) is 0. The fraction of sp³-hybridized carbons (Fsp3) is 0.0769. The summed E-state index contributed by atoms with van der Waals surface area (Å²) >= 11 is 0. The number of nitrogens with zero attached hydrogens (tertiary/aromatic N) is 5. The zero-order chi connectivity index (χ0) is 13.8. The highest BCUT2D eigenvalue weighted by atomic mass is 16.1. The van der Waals surface area contributed by atoms with Crippen molar-refractivity contribution in [3.05, 3.63) is 55.4 Å². The van der Waals surface area contributed by atoms with Crippen molar-refractivity contribution >= 4 is 11.6 Å². The Hall–Kier alpha value is -2.96. The lowest BCUT2D eigenvalue weighted by molar-refractivity contribution is -0.116. The number of carbonyl (C=O) groups is 1. The highest BCUT2D eigenvalue weighted by Gasteiger charge is 2.05. The van der Waals surface area contributed by atoms with Crippen molar-refractivity contribution in [2.24, 2.45) is 0 Å². The first-order chi connectivity index (χ1) is 9.81. The molecule has 0 unspecified atom stereocenters. The van der Waals surface area contributed by atoms with Gasteiger partial charge < -0.3 is 9.88 Å². The second-order valence-electron chi connectivity index (χ2n) is 4.13. The number of hydrogen-bond donors (Lipinski definition) is 1. The van der Waals surface area contributed by atoms with E-state index < -0.39 is 0 Å². The minimum atomic E-state index is -0.128. The molecule has 0 saturated heterocycles. The molecule has 0 atom stereocenters. The van der Waals surface area contributed by atoms with Crippen LogP contribution in [-0.2, 0) is 11.3 Å². The van der Waals surface area contributed by atoms with Crippen molar-refractivity contribution in [3.63, 3.8) is 0 Å². The van der Waals surface area contributed by atoms with Crippen LogP contribution in [0.1, 0.15) is 0 Å². The third-order valence-corrected chi connectivity index (χ3v) is 2.62. The summed E-state index contributed by atoms with van der Waals surface area (Å²) in [5.74, 6) is 0.329. The Morgan fingerprint density at radius 3 is 2.50 bits per heavy atom. The maximum Gasteiger partial charge on any atom is 0.250 e. The van der Waals surface area contributed by atoms with Gasteiger partial charge in [-0.25, -0.2) is 14.6 Å². The van der Waals surface area contributed by atoms with Crippen LogP contribution < -0.4 is 5.32 Å². The molecular weight excluding hydrogens is 256 g/mol. The Labute approximate surface area is 114 Å². The minimum absolute atomic E-state index is 0.128. The normalized spacial score (nSPS) is 10.4. The number of carbonyl (C=O) groups excluding carboxylic acids is 1. The quantitative estimate of drug-likeness (QED) is 0.768. The number of aromatic nitrogens is 5. The summed E-state index contributed by atoms with van der Waals surface area (Å²) in [6.07, 6.45) is 10.2. The molecule has 0 radical (unpaired) electrons. The van der Waals surface area contributed by atoms with Crippen molar-refractivity contribution in [1.82, 2.24) is 24.3 Å². The van der Waals surface area contributed by atoms with E-state index in [9.17, 15) is 4.79 Å². The van der Waals surface area contributed by atoms with E-state index in [4.69, 9.17) is 0 Å². The fourth-order valence-corrected chi connectivity index (χ4v) is 1.73. The van der Waals surface area contributed by atoms with Gasteiger partial charge in [-0.2, -0.15) is 5.10 Å². The predicted octanol–water partition coefficient (Wildman–Crippen LogP) is 1.10. The summed E-state index contributed by atoms with van der Waals surface area (Å²) < 4.78 is 3.33. The first-order valence-corrected chi connectivity index (χ1v) is 6.04. The summed E-state index contributed by atoms with van der Waals surface area (Å²) in [4.78, 5) is 20.1. The number of nitrogens with one attached hydrogen (secondary N) is 1. The molecule has 7 heteroatoms. The molecule has 0 aromatic carbocycles. The zero-order valence-electron chi connectivity index (χ0n) is 10.5. The molecule has 0 fully saturated rings. The highest BCUT2D eigenvalue weighted by molar-refractivity contribution is 5.90. The van der Waals surface area contributed by atoms with Crippen LogP contribution >= 0.6 is 0 Å². The molecule has 3 rings (SSSR count). The van der Waals surface area contributed by atoms with E-state index in [1.807, 2.05) is 24.5 Å². The average Bonchev–Trinajstić information content (AvgIpc) is 3.12. The first-order valence-electron chi connectivity index (χ1n) is 6.04. The Morgan fingerprint density at radius 1 is 1.10 bits per heavy atom. The van der Waals surface area contributed by atoms with Gasteiger partial charge in [-0.1, -0.05) is 0 Å². The van der Waals surface area contributed by atoms with Crippen LogP contribution in [0.5, 0.6) is 0 Å². The maximum atomic E-state index is 11.8. The summed E-state index contributed by atoms with van der Waals surface area (Å²) in [6.45, 7) is 0.258. The summed E-state index contributed by atoms with van der Waals surface area (Å²) in [5, 5.41) is 6.77. The van der Waals surface area contributed by atoms with Crippen molar-refractivity contribution in [3.8, 4) is 5.95 Å². The zero-order valence-corrected chi connectivity index (χ0v) is 10.5. The minimum Gasteiger partial charge on any atom is -0.345 e. The molecule has 3 aromatic heterocycles. The van der Waals surface area contributed by atoms with E-state index in [0.29, 0.717) is 11.6 Å². The molecule has 1 amide bonds. The molecule has 3 aromatic rings. The van der Waals surface area contributed by atoms with Gasteiger partial charge in [0.05, 0.1) is 18.1 Å². The van der Waals surface area contributed by atoms with Crippen molar-refractivity contribution in [2.75, 3.05) is 5.32 Å². The van der Waals surface area contributed by atoms with Crippen molar-refractivity contribution < 1.29 is 4.79 Å². The van der Waals surface area contributed by atoms with Gasteiger partial charge in [0.2, 0.25) is 5.91 Å². The van der Waals surface area contributed by atoms with Gasteiger partial charge >= 0.3 is 0 Å². The number of anilines is 1. The lowest BCUT2D eigenvalue weighted by Crippen LogP contribution is -2.18. The topological polar surface area (TPSA) is 77.6 Å². The Morgan fingerprint density at radius 2 is 1.85 bits per heavy atom. The SMILES string of the molecule is O=C(Cn1cccc1)Nc1cnc(-n2cccn2)nc1. The molecule has 0 saturated carbocycles.